The molecule has 0 spiro atoms. The summed E-state index contributed by atoms with van der Waals surface area (Å²) in [6.07, 6.45) is 0.754. The zero-order valence-electron chi connectivity index (χ0n) is 11.2. The van der Waals surface area contributed by atoms with Crippen molar-refractivity contribution in [3.8, 4) is 11.5 Å². The second-order valence-electron chi connectivity index (χ2n) is 4.49. The SMILES string of the molecule is CCc1nc(N)cc(NCc2ccc3c(c2)OCO3)n1. The highest BCUT2D eigenvalue weighted by atomic mass is 16.7. The Balaban J connectivity index is 1.71. The fourth-order valence-electron chi connectivity index (χ4n) is 2.01. The summed E-state index contributed by atoms with van der Waals surface area (Å²) in [7, 11) is 0. The monoisotopic (exact) mass is 272 g/mol. The molecule has 0 aliphatic carbocycles. The van der Waals surface area contributed by atoms with Crippen LogP contribution in [0, 0.1) is 0 Å². The number of aryl methyl sites for hydroxylation is 1. The van der Waals surface area contributed by atoms with Gasteiger partial charge in [0.15, 0.2) is 11.5 Å². The number of nitrogen functional groups attached to an aromatic ring is 1. The Hall–Kier alpha value is -2.50. The minimum absolute atomic E-state index is 0.286. The number of benzene rings is 1. The Morgan fingerprint density at radius 3 is 2.90 bits per heavy atom. The van der Waals surface area contributed by atoms with Gasteiger partial charge in [-0.05, 0) is 17.7 Å². The predicted octanol–water partition coefficient (Wildman–Crippen LogP) is 1.96. The molecule has 0 atom stereocenters. The molecule has 104 valence electrons. The fourth-order valence-corrected chi connectivity index (χ4v) is 2.01. The van der Waals surface area contributed by atoms with Crippen LogP contribution in [0.5, 0.6) is 11.5 Å². The summed E-state index contributed by atoms with van der Waals surface area (Å²) < 4.78 is 10.6. The van der Waals surface area contributed by atoms with Gasteiger partial charge in [-0.2, -0.15) is 0 Å². The molecule has 0 amide bonds. The Morgan fingerprint density at radius 2 is 2.05 bits per heavy atom. The third-order valence-corrected chi connectivity index (χ3v) is 3.02. The van der Waals surface area contributed by atoms with Gasteiger partial charge in [0.2, 0.25) is 6.79 Å². The number of aromatic nitrogens is 2. The minimum Gasteiger partial charge on any atom is -0.454 e. The molecule has 20 heavy (non-hydrogen) atoms. The summed E-state index contributed by atoms with van der Waals surface area (Å²) in [4.78, 5) is 8.53. The van der Waals surface area contributed by atoms with E-state index >= 15 is 0 Å². The summed E-state index contributed by atoms with van der Waals surface area (Å²) >= 11 is 0. The molecule has 2 aromatic rings. The Kier molecular flexibility index (Phi) is 3.28. The highest BCUT2D eigenvalue weighted by Gasteiger charge is 2.13. The van der Waals surface area contributed by atoms with Crippen LogP contribution in [-0.4, -0.2) is 16.8 Å². The third kappa shape index (κ3) is 2.59. The lowest BCUT2D eigenvalue weighted by Gasteiger charge is -2.08. The van der Waals surface area contributed by atoms with E-state index in [0.29, 0.717) is 12.4 Å². The van der Waals surface area contributed by atoms with E-state index in [0.717, 1.165) is 35.1 Å². The molecular formula is C14H16N4O2. The quantitative estimate of drug-likeness (QED) is 0.885. The summed E-state index contributed by atoms with van der Waals surface area (Å²) in [5, 5.41) is 3.24. The molecule has 0 saturated carbocycles. The van der Waals surface area contributed by atoms with Gasteiger partial charge in [0.25, 0.3) is 0 Å². The number of hydrogen-bond acceptors (Lipinski definition) is 6. The van der Waals surface area contributed by atoms with Crippen molar-refractivity contribution in [2.24, 2.45) is 0 Å². The number of nitrogens with one attached hydrogen (secondary N) is 1. The molecule has 1 aliphatic heterocycles. The molecule has 3 N–H and O–H groups in total. The first-order chi connectivity index (χ1) is 9.74. The van der Waals surface area contributed by atoms with Crippen molar-refractivity contribution in [1.29, 1.82) is 0 Å². The zero-order valence-corrected chi connectivity index (χ0v) is 11.2. The number of hydrogen-bond donors (Lipinski definition) is 2. The van der Waals surface area contributed by atoms with Gasteiger partial charge in [0, 0.05) is 19.0 Å². The maximum Gasteiger partial charge on any atom is 0.231 e. The van der Waals surface area contributed by atoms with E-state index in [9.17, 15) is 0 Å². The fraction of sp³-hybridized carbons (Fsp3) is 0.286. The first-order valence-corrected chi connectivity index (χ1v) is 6.50. The van der Waals surface area contributed by atoms with Gasteiger partial charge >= 0.3 is 0 Å². The Bertz CT molecular complexity index is 631. The van der Waals surface area contributed by atoms with E-state index < -0.39 is 0 Å². The third-order valence-electron chi connectivity index (χ3n) is 3.02. The van der Waals surface area contributed by atoms with Gasteiger partial charge in [0.1, 0.15) is 17.5 Å². The first kappa shape index (κ1) is 12.5. The number of fused-ring (bicyclic) bond motifs is 1. The number of ether oxygens (including phenoxy) is 2. The number of nitrogens with zero attached hydrogens (tertiary/aromatic N) is 2. The van der Waals surface area contributed by atoms with E-state index in [4.69, 9.17) is 15.2 Å². The number of anilines is 2. The van der Waals surface area contributed by atoms with Crippen molar-refractivity contribution in [3.63, 3.8) is 0 Å². The standard InChI is InChI=1S/C14H16N4O2/c1-2-13-17-12(15)6-14(18-13)16-7-9-3-4-10-11(5-9)20-8-19-10/h3-6H,2,7-8H2,1H3,(H3,15,16,17,18). The molecule has 0 saturated heterocycles. The molecule has 6 heteroatoms. The molecule has 3 rings (SSSR count). The molecule has 0 radical (unpaired) electrons. The van der Waals surface area contributed by atoms with Gasteiger partial charge < -0.3 is 20.5 Å². The molecule has 0 unspecified atom stereocenters. The van der Waals surface area contributed by atoms with Crippen LogP contribution in [-0.2, 0) is 13.0 Å². The van der Waals surface area contributed by atoms with E-state index in [1.54, 1.807) is 6.07 Å². The van der Waals surface area contributed by atoms with Crippen molar-refractivity contribution in [3.05, 3.63) is 35.7 Å². The molecule has 6 nitrogen and oxygen atoms in total. The van der Waals surface area contributed by atoms with Crippen molar-refractivity contribution in [2.75, 3.05) is 17.8 Å². The average molecular weight is 272 g/mol. The van der Waals surface area contributed by atoms with Gasteiger partial charge in [-0.1, -0.05) is 13.0 Å². The minimum atomic E-state index is 0.286. The lowest BCUT2D eigenvalue weighted by atomic mass is 10.2. The van der Waals surface area contributed by atoms with Crippen LogP contribution in [0.4, 0.5) is 11.6 Å². The Morgan fingerprint density at radius 1 is 1.20 bits per heavy atom. The average Bonchev–Trinajstić information content (AvgIpc) is 2.92. The van der Waals surface area contributed by atoms with Gasteiger partial charge in [-0.3, -0.25) is 0 Å². The van der Waals surface area contributed by atoms with Crippen molar-refractivity contribution < 1.29 is 9.47 Å². The van der Waals surface area contributed by atoms with E-state index in [1.807, 2.05) is 25.1 Å². The summed E-state index contributed by atoms with van der Waals surface area (Å²) in [5.74, 6) is 3.50. The molecule has 1 aromatic carbocycles. The van der Waals surface area contributed by atoms with Gasteiger partial charge in [-0.25, -0.2) is 9.97 Å². The normalized spacial score (nSPS) is 12.4. The zero-order chi connectivity index (χ0) is 13.9. The summed E-state index contributed by atoms with van der Waals surface area (Å²) in [5.41, 5.74) is 6.84. The first-order valence-electron chi connectivity index (χ1n) is 6.50. The number of rotatable bonds is 4. The van der Waals surface area contributed by atoms with Crippen LogP contribution in [0.1, 0.15) is 18.3 Å². The number of nitrogens with two attached hydrogens (primary N) is 1. The van der Waals surface area contributed by atoms with Gasteiger partial charge in [0.05, 0.1) is 0 Å². The Labute approximate surface area is 116 Å². The lowest BCUT2D eigenvalue weighted by molar-refractivity contribution is 0.174. The van der Waals surface area contributed by atoms with Crippen LogP contribution in [0.2, 0.25) is 0 Å². The summed E-state index contributed by atoms with van der Waals surface area (Å²) in [6, 6.07) is 7.59. The van der Waals surface area contributed by atoms with Crippen molar-refractivity contribution in [2.45, 2.75) is 19.9 Å². The van der Waals surface area contributed by atoms with E-state index in [2.05, 4.69) is 15.3 Å². The molecule has 0 fully saturated rings. The van der Waals surface area contributed by atoms with Gasteiger partial charge in [-0.15, -0.1) is 0 Å². The molecule has 2 heterocycles. The van der Waals surface area contributed by atoms with E-state index in [-0.39, 0.29) is 6.79 Å². The van der Waals surface area contributed by atoms with Crippen LogP contribution in [0.15, 0.2) is 24.3 Å². The molecule has 1 aliphatic rings. The molecular weight excluding hydrogens is 256 g/mol. The second-order valence-corrected chi connectivity index (χ2v) is 4.49. The highest BCUT2D eigenvalue weighted by Crippen LogP contribution is 2.32. The van der Waals surface area contributed by atoms with Crippen LogP contribution in [0.25, 0.3) is 0 Å². The highest BCUT2D eigenvalue weighted by molar-refractivity contribution is 5.47. The van der Waals surface area contributed by atoms with E-state index in [1.165, 1.54) is 0 Å². The van der Waals surface area contributed by atoms with Crippen molar-refractivity contribution in [1.82, 2.24) is 9.97 Å². The smallest absolute Gasteiger partial charge is 0.231 e. The lowest BCUT2D eigenvalue weighted by Crippen LogP contribution is -2.06. The largest absolute Gasteiger partial charge is 0.454 e. The second kappa shape index (κ2) is 5.24. The van der Waals surface area contributed by atoms with Crippen LogP contribution < -0.4 is 20.5 Å². The maximum atomic E-state index is 5.75. The molecule has 1 aromatic heterocycles. The van der Waals surface area contributed by atoms with Crippen LogP contribution in [0.3, 0.4) is 0 Å². The topological polar surface area (TPSA) is 82.3 Å². The van der Waals surface area contributed by atoms with Crippen molar-refractivity contribution >= 4 is 11.6 Å². The molecule has 0 bridgehead atoms. The van der Waals surface area contributed by atoms with Crippen LogP contribution >= 0.6 is 0 Å². The summed E-state index contributed by atoms with van der Waals surface area (Å²) in [6.45, 7) is 2.92. The predicted molar refractivity (Wildman–Crippen MR) is 75.7 cm³/mol. The maximum absolute atomic E-state index is 5.75.